The third-order valence-electron chi connectivity index (χ3n) is 5.51. The van der Waals surface area contributed by atoms with Crippen molar-refractivity contribution in [2.75, 3.05) is 7.11 Å². The fourth-order valence-corrected chi connectivity index (χ4v) is 4.32. The Morgan fingerprint density at radius 2 is 1.78 bits per heavy atom. The number of fused-ring (bicyclic) bond motifs is 1. The van der Waals surface area contributed by atoms with Crippen LogP contribution in [0.15, 0.2) is 42.5 Å². The number of carbonyl (C=O) groups is 2. The second-order valence-corrected chi connectivity index (χ2v) is 9.34. The van der Waals surface area contributed by atoms with Crippen molar-refractivity contribution in [3.8, 4) is 0 Å². The van der Waals surface area contributed by atoms with E-state index >= 15 is 0 Å². The Hall–Kier alpha value is -2.88. The van der Waals surface area contributed by atoms with Crippen molar-refractivity contribution < 1.29 is 32.6 Å². The van der Waals surface area contributed by atoms with E-state index in [0.717, 1.165) is 24.1 Å². The van der Waals surface area contributed by atoms with Crippen LogP contribution in [0.2, 0.25) is 10.0 Å². The van der Waals surface area contributed by atoms with Crippen LogP contribution in [0.1, 0.15) is 55.0 Å². The number of ether oxygens (including phenoxy) is 1. The third-order valence-corrected chi connectivity index (χ3v) is 5.95. The molecule has 0 aliphatic heterocycles. The highest BCUT2D eigenvalue weighted by Gasteiger charge is 2.35. The van der Waals surface area contributed by atoms with Crippen molar-refractivity contribution >= 4 is 46.4 Å². The predicted octanol–water partition coefficient (Wildman–Crippen LogP) is 6.63. The molecule has 3 rings (SSSR count). The Morgan fingerprint density at radius 1 is 1.19 bits per heavy atom. The molecule has 3 N–H and O–H groups in total. The first-order chi connectivity index (χ1) is 17.2. The topological polar surface area (TPSA) is 99.5 Å². The number of rotatable bonds is 7. The number of halogens is 5. The van der Waals surface area contributed by atoms with Crippen LogP contribution in [0, 0.1) is 5.41 Å². The van der Waals surface area contributed by atoms with Gasteiger partial charge in [0.15, 0.2) is 0 Å². The number of alkyl halides is 3. The zero-order valence-corrected chi connectivity index (χ0v) is 21.9. The number of carboxylic acid groups (broad SMARTS) is 1. The summed E-state index contributed by atoms with van der Waals surface area (Å²) in [7, 11) is 1.54. The van der Waals surface area contributed by atoms with Gasteiger partial charge in [0.1, 0.15) is 0 Å². The van der Waals surface area contributed by atoms with Crippen molar-refractivity contribution in [2.45, 2.75) is 51.4 Å². The summed E-state index contributed by atoms with van der Waals surface area (Å²) >= 11 is 11.8. The molecule has 6 nitrogen and oxygen atoms in total. The van der Waals surface area contributed by atoms with Crippen LogP contribution in [0.4, 0.5) is 13.2 Å². The second kappa shape index (κ2) is 13.1. The van der Waals surface area contributed by atoms with E-state index in [1.54, 1.807) is 32.2 Å². The van der Waals surface area contributed by atoms with Crippen LogP contribution >= 0.6 is 23.2 Å². The SMILES string of the molecule is CC(=O)O.COC(C)CC(=O)NC1CCc2cc(C(=N)/C=C(/c3cc(Cl)cc(Cl)c3)C(F)(F)F)ccc21. The van der Waals surface area contributed by atoms with Crippen molar-refractivity contribution in [1.29, 1.82) is 5.41 Å². The smallest absolute Gasteiger partial charge is 0.417 e. The van der Waals surface area contributed by atoms with Gasteiger partial charge in [-0.1, -0.05) is 35.3 Å². The Kier molecular flexibility index (Phi) is 10.7. The lowest BCUT2D eigenvalue weighted by molar-refractivity contribution is -0.134. The van der Waals surface area contributed by atoms with Crippen molar-refractivity contribution in [3.63, 3.8) is 0 Å². The van der Waals surface area contributed by atoms with Gasteiger partial charge in [0, 0.05) is 24.1 Å². The Bertz CT molecular complexity index is 1170. The van der Waals surface area contributed by atoms with E-state index in [4.69, 9.17) is 43.2 Å². The molecule has 200 valence electrons. The number of carbonyl (C=O) groups excluding carboxylic acids is 1. The first-order valence-corrected chi connectivity index (χ1v) is 12.0. The van der Waals surface area contributed by atoms with E-state index in [9.17, 15) is 18.0 Å². The van der Waals surface area contributed by atoms with Crippen molar-refractivity contribution in [3.05, 3.63) is 74.8 Å². The molecular weight excluding hydrogens is 532 g/mol. The summed E-state index contributed by atoms with van der Waals surface area (Å²) < 4.78 is 46.4. The Morgan fingerprint density at radius 3 is 2.32 bits per heavy atom. The molecule has 2 atom stereocenters. The molecule has 2 unspecified atom stereocenters. The molecule has 1 aliphatic carbocycles. The van der Waals surface area contributed by atoms with Crippen LogP contribution in [-0.2, 0) is 20.7 Å². The average molecular weight is 559 g/mol. The van der Waals surface area contributed by atoms with Crippen LogP contribution in [0.3, 0.4) is 0 Å². The number of hydrogen-bond acceptors (Lipinski definition) is 4. The lowest BCUT2D eigenvalue weighted by Crippen LogP contribution is -2.30. The summed E-state index contributed by atoms with van der Waals surface area (Å²) in [5.41, 5.74) is 0.654. The molecule has 0 saturated heterocycles. The number of aryl methyl sites for hydroxylation is 1. The highest BCUT2D eigenvalue weighted by atomic mass is 35.5. The minimum atomic E-state index is -4.70. The molecule has 2 aromatic rings. The molecule has 0 saturated carbocycles. The van der Waals surface area contributed by atoms with Crippen molar-refractivity contribution in [1.82, 2.24) is 5.32 Å². The fourth-order valence-electron chi connectivity index (χ4n) is 3.80. The predicted molar refractivity (Wildman–Crippen MR) is 137 cm³/mol. The highest BCUT2D eigenvalue weighted by Crippen LogP contribution is 2.37. The van der Waals surface area contributed by atoms with Gasteiger partial charge in [-0.15, -0.1) is 0 Å². The van der Waals surface area contributed by atoms with Crippen molar-refractivity contribution in [2.24, 2.45) is 0 Å². The number of benzene rings is 2. The summed E-state index contributed by atoms with van der Waals surface area (Å²) in [5, 5.41) is 18.8. The molecule has 1 amide bonds. The molecule has 2 aromatic carbocycles. The summed E-state index contributed by atoms with van der Waals surface area (Å²) in [5.74, 6) is -0.961. The summed E-state index contributed by atoms with van der Waals surface area (Å²) in [6.07, 6.45) is -2.54. The van der Waals surface area contributed by atoms with Gasteiger partial charge in [-0.05, 0) is 72.4 Å². The second-order valence-electron chi connectivity index (χ2n) is 8.47. The molecule has 0 spiro atoms. The summed E-state index contributed by atoms with van der Waals surface area (Å²) in [6, 6.07) is 8.57. The van der Waals surface area contributed by atoms with E-state index < -0.39 is 17.7 Å². The normalized spacial score (nSPS) is 15.8. The number of methoxy groups -OCH3 is 1. The Labute approximate surface area is 222 Å². The van der Waals surface area contributed by atoms with Gasteiger partial charge < -0.3 is 20.6 Å². The maximum Gasteiger partial charge on any atom is 0.417 e. The minimum absolute atomic E-state index is 0.0738. The largest absolute Gasteiger partial charge is 0.481 e. The number of hydrogen-bond donors (Lipinski definition) is 3. The maximum absolute atomic E-state index is 13.8. The van der Waals surface area contributed by atoms with E-state index in [-0.39, 0.29) is 45.8 Å². The van der Waals surface area contributed by atoms with E-state index in [1.807, 2.05) is 0 Å². The molecule has 11 heteroatoms. The van der Waals surface area contributed by atoms with Gasteiger partial charge in [0.2, 0.25) is 5.91 Å². The van der Waals surface area contributed by atoms with Gasteiger partial charge in [-0.3, -0.25) is 9.59 Å². The van der Waals surface area contributed by atoms with E-state index in [0.29, 0.717) is 18.4 Å². The maximum atomic E-state index is 13.8. The van der Waals surface area contributed by atoms with Gasteiger partial charge in [-0.25, -0.2) is 0 Å². The van der Waals surface area contributed by atoms with E-state index in [1.165, 1.54) is 18.2 Å². The van der Waals surface area contributed by atoms with Crippen LogP contribution in [0.5, 0.6) is 0 Å². The minimum Gasteiger partial charge on any atom is -0.481 e. The molecule has 37 heavy (non-hydrogen) atoms. The summed E-state index contributed by atoms with van der Waals surface area (Å²) in [6.45, 7) is 2.89. The lowest BCUT2D eigenvalue weighted by atomic mass is 9.98. The van der Waals surface area contributed by atoms with Gasteiger partial charge in [-0.2, -0.15) is 13.2 Å². The number of amides is 1. The monoisotopic (exact) mass is 558 g/mol. The molecule has 1 aliphatic rings. The van der Waals surface area contributed by atoms with Crippen LogP contribution in [-0.4, -0.2) is 42.1 Å². The molecule has 0 heterocycles. The van der Waals surface area contributed by atoms with Gasteiger partial charge in [0.25, 0.3) is 5.97 Å². The third kappa shape index (κ3) is 9.18. The first-order valence-electron chi connectivity index (χ1n) is 11.2. The van der Waals surface area contributed by atoms with Crippen LogP contribution < -0.4 is 5.32 Å². The van der Waals surface area contributed by atoms with Crippen LogP contribution in [0.25, 0.3) is 5.57 Å². The quantitative estimate of drug-likeness (QED) is 0.332. The molecular formula is C26H27Cl2F3N2O4. The lowest BCUT2D eigenvalue weighted by Gasteiger charge is -2.16. The van der Waals surface area contributed by atoms with E-state index in [2.05, 4.69) is 5.32 Å². The number of nitrogens with one attached hydrogen (secondary N) is 2. The molecule has 0 aromatic heterocycles. The average Bonchev–Trinajstić information content (AvgIpc) is 3.17. The van der Waals surface area contributed by atoms with Gasteiger partial charge >= 0.3 is 6.18 Å². The molecule has 0 radical (unpaired) electrons. The fraction of sp³-hybridized carbons (Fsp3) is 0.346. The number of allylic oxidation sites excluding steroid dienone is 2. The standard InChI is InChI=1S/C24H23Cl2F3N2O2.C2H4O2/c1-13(33-2)7-23(32)31-22-6-4-14-8-15(3-5-19(14)22)21(30)12-20(24(27,28)29)16-9-17(25)11-18(26)10-16;1-2(3)4/h3,5,8-13,22,30H,4,6-7H2,1-2H3,(H,31,32);1H3,(H,3,4)/b20-12-,30-21?;. The summed E-state index contributed by atoms with van der Waals surface area (Å²) in [4.78, 5) is 21.2. The zero-order chi connectivity index (χ0) is 27.9. The van der Waals surface area contributed by atoms with Gasteiger partial charge in [0.05, 0.1) is 29.9 Å². The molecule has 0 bridgehead atoms. The zero-order valence-electron chi connectivity index (χ0n) is 20.4. The first kappa shape index (κ1) is 30.3. The number of aliphatic carboxylic acids is 1. The number of carboxylic acids is 1. The highest BCUT2D eigenvalue weighted by molar-refractivity contribution is 6.35. The Balaban J connectivity index is 0.00000112. The molecule has 0 fully saturated rings.